The second-order valence-electron chi connectivity index (χ2n) is 5.95. The van der Waals surface area contributed by atoms with E-state index in [-0.39, 0.29) is 23.8 Å². The fourth-order valence-corrected chi connectivity index (χ4v) is 4.76. The Morgan fingerprint density at radius 1 is 1.24 bits per heavy atom. The Morgan fingerprint density at radius 2 is 2.07 bits per heavy atom. The SMILES string of the molecule is Cl.O=C(c1ccc(Cl)s1)N(CCCn1ccnc1)c1nc2c(F)cc(F)cc2s1. The lowest BCUT2D eigenvalue weighted by molar-refractivity contribution is 0.0990. The van der Waals surface area contributed by atoms with Gasteiger partial charge in [0.05, 0.1) is 20.2 Å². The van der Waals surface area contributed by atoms with Gasteiger partial charge in [0.2, 0.25) is 0 Å². The molecule has 4 rings (SSSR count). The number of hydrogen-bond acceptors (Lipinski definition) is 5. The third-order valence-corrected chi connectivity index (χ3v) is 6.26. The molecule has 152 valence electrons. The molecule has 11 heteroatoms. The van der Waals surface area contributed by atoms with E-state index in [1.54, 1.807) is 24.7 Å². The summed E-state index contributed by atoms with van der Waals surface area (Å²) in [4.78, 5) is 23.2. The number of halogens is 4. The molecule has 0 fully saturated rings. The summed E-state index contributed by atoms with van der Waals surface area (Å²) in [5.41, 5.74) is 0.0537. The normalized spacial score (nSPS) is 10.9. The van der Waals surface area contributed by atoms with E-state index in [4.69, 9.17) is 11.6 Å². The lowest BCUT2D eigenvalue weighted by atomic mass is 10.3. The molecule has 0 aliphatic heterocycles. The summed E-state index contributed by atoms with van der Waals surface area (Å²) in [5.74, 6) is -1.70. The van der Waals surface area contributed by atoms with E-state index in [0.717, 1.165) is 28.7 Å². The van der Waals surface area contributed by atoms with E-state index in [2.05, 4.69) is 9.97 Å². The maximum absolute atomic E-state index is 14.1. The molecule has 0 N–H and O–H groups in total. The largest absolute Gasteiger partial charge is 0.337 e. The summed E-state index contributed by atoms with van der Waals surface area (Å²) in [7, 11) is 0. The Kier molecular flexibility index (Phi) is 6.84. The van der Waals surface area contributed by atoms with E-state index in [0.29, 0.717) is 38.6 Å². The van der Waals surface area contributed by atoms with Crippen molar-refractivity contribution in [2.45, 2.75) is 13.0 Å². The Morgan fingerprint density at radius 3 is 2.76 bits per heavy atom. The molecule has 4 aromatic rings. The van der Waals surface area contributed by atoms with Crippen LogP contribution in [0, 0.1) is 11.6 Å². The Bertz CT molecular complexity index is 1130. The van der Waals surface area contributed by atoms with Gasteiger partial charge in [-0.3, -0.25) is 9.69 Å². The molecule has 3 aromatic heterocycles. The van der Waals surface area contributed by atoms with Crippen molar-refractivity contribution in [2.24, 2.45) is 0 Å². The number of anilines is 1. The van der Waals surface area contributed by atoms with Gasteiger partial charge in [-0.25, -0.2) is 18.7 Å². The fraction of sp³-hybridized carbons (Fsp3) is 0.167. The minimum absolute atomic E-state index is 0. The Hall–Kier alpha value is -2.07. The van der Waals surface area contributed by atoms with Crippen LogP contribution in [0.15, 0.2) is 43.0 Å². The summed E-state index contributed by atoms with van der Waals surface area (Å²) in [5, 5.41) is 0.319. The molecular formula is C18H14Cl2F2N4OS2. The molecule has 0 saturated carbocycles. The van der Waals surface area contributed by atoms with Crippen molar-refractivity contribution in [1.29, 1.82) is 0 Å². The number of benzene rings is 1. The third-order valence-electron chi connectivity index (χ3n) is 4.02. The minimum atomic E-state index is -0.748. The van der Waals surface area contributed by atoms with Crippen molar-refractivity contribution in [3.8, 4) is 0 Å². The molecule has 0 aliphatic rings. The number of fused-ring (bicyclic) bond motifs is 1. The van der Waals surface area contributed by atoms with Gasteiger partial charge >= 0.3 is 0 Å². The number of aryl methyl sites for hydroxylation is 1. The van der Waals surface area contributed by atoms with Gasteiger partial charge in [-0.05, 0) is 24.6 Å². The quantitative estimate of drug-likeness (QED) is 0.363. The van der Waals surface area contributed by atoms with Gasteiger partial charge in [-0.1, -0.05) is 22.9 Å². The van der Waals surface area contributed by atoms with Crippen LogP contribution in [-0.4, -0.2) is 27.0 Å². The average molecular weight is 475 g/mol. The highest BCUT2D eigenvalue weighted by atomic mass is 35.5. The summed E-state index contributed by atoms with van der Waals surface area (Å²) >= 11 is 8.20. The van der Waals surface area contributed by atoms with Crippen LogP contribution >= 0.6 is 46.7 Å². The zero-order chi connectivity index (χ0) is 19.7. The van der Waals surface area contributed by atoms with E-state index in [1.165, 1.54) is 11.0 Å². The van der Waals surface area contributed by atoms with Crippen LogP contribution in [-0.2, 0) is 6.54 Å². The first kappa shape index (κ1) is 21.6. The molecule has 0 saturated heterocycles. The molecule has 0 atom stereocenters. The first-order valence-electron chi connectivity index (χ1n) is 8.30. The maximum atomic E-state index is 14.1. The van der Waals surface area contributed by atoms with E-state index < -0.39 is 11.6 Å². The number of carbonyl (C=O) groups is 1. The average Bonchev–Trinajstić information content (AvgIpc) is 3.38. The van der Waals surface area contributed by atoms with Gasteiger partial charge in [-0.2, -0.15) is 0 Å². The first-order chi connectivity index (χ1) is 13.5. The van der Waals surface area contributed by atoms with Gasteiger partial charge in [0.25, 0.3) is 5.91 Å². The Labute approximate surface area is 184 Å². The molecule has 5 nitrogen and oxygen atoms in total. The smallest absolute Gasteiger partial charge is 0.270 e. The van der Waals surface area contributed by atoms with Crippen molar-refractivity contribution >= 4 is 67.9 Å². The highest BCUT2D eigenvalue weighted by Gasteiger charge is 2.23. The molecule has 1 amide bonds. The topological polar surface area (TPSA) is 51.0 Å². The highest BCUT2D eigenvalue weighted by Crippen LogP contribution is 2.33. The molecule has 0 unspecified atom stereocenters. The number of thiazole rings is 1. The molecule has 29 heavy (non-hydrogen) atoms. The molecular weight excluding hydrogens is 461 g/mol. The molecule has 0 aliphatic carbocycles. The third kappa shape index (κ3) is 4.75. The highest BCUT2D eigenvalue weighted by molar-refractivity contribution is 7.22. The summed E-state index contributed by atoms with van der Waals surface area (Å²) in [6, 6.07) is 5.30. The number of imidazole rings is 1. The number of carbonyl (C=O) groups excluding carboxylic acids is 1. The number of hydrogen-bond donors (Lipinski definition) is 0. The zero-order valence-corrected chi connectivity index (χ0v) is 17.9. The van der Waals surface area contributed by atoms with Gasteiger partial charge in [0, 0.05) is 31.5 Å². The van der Waals surface area contributed by atoms with E-state index >= 15 is 0 Å². The predicted molar refractivity (Wildman–Crippen MR) is 115 cm³/mol. The molecule has 0 spiro atoms. The lowest BCUT2D eigenvalue weighted by Crippen LogP contribution is -2.31. The van der Waals surface area contributed by atoms with Gasteiger partial charge in [0.15, 0.2) is 10.9 Å². The number of rotatable bonds is 6. The summed E-state index contributed by atoms with van der Waals surface area (Å²) in [6.07, 6.45) is 5.84. The van der Waals surface area contributed by atoms with Gasteiger partial charge in [0.1, 0.15) is 11.3 Å². The van der Waals surface area contributed by atoms with Crippen molar-refractivity contribution in [3.63, 3.8) is 0 Å². The molecule has 0 bridgehead atoms. The second-order valence-corrected chi connectivity index (χ2v) is 8.67. The summed E-state index contributed by atoms with van der Waals surface area (Å²) < 4.78 is 30.3. The van der Waals surface area contributed by atoms with Crippen LogP contribution < -0.4 is 4.90 Å². The molecule has 3 heterocycles. The maximum Gasteiger partial charge on any atom is 0.270 e. The lowest BCUT2D eigenvalue weighted by Gasteiger charge is -2.19. The predicted octanol–water partition coefficient (Wildman–Crippen LogP) is 5.64. The fourth-order valence-electron chi connectivity index (χ4n) is 2.74. The first-order valence-corrected chi connectivity index (χ1v) is 10.3. The monoisotopic (exact) mass is 474 g/mol. The van der Waals surface area contributed by atoms with Gasteiger partial charge < -0.3 is 4.57 Å². The van der Waals surface area contributed by atoms with Crippen LogP contribution in [0.5, 0.6) is 0 Å². The number of nitrogens with zero attached hydrogens (tertiary/aromatic N) is 4. The van der Waals surface area contributed by atoms with Crippen molar-refractivity contribution in [3.05, 3.63) is 63.8 Å². The van der Waals surface area contributed by atoms with Crippen molar-refractivity contribution in [2.75, 3.05) is 11.4 Å². The van der Waals surface area contributed by atoms with Crippen LogP contribution in [0.2, 0.25) is 4.34 Å². The van der Waals surface area contributed by atoms with Crippen molar-refractivity contribution in [1.82, 2.24) is 14.5 Å². The van der Waals surface area contributed by atoms with Crippen LogP contribution in [0.4, 0.5) is 13.9 Å². The minimum Gasteiger partial charge on any atom is -0.337 e. The van der Waals surface area contributed by atoms with Crippen molar-refractivity contribution < 1.29 is 13.6 Å². The van der Waals surface area contributed by atoms with E-state index in [9.17, 15) is 13.6 Å². The standard InChI is InChI=1S/C18H13ClF2N4OS2.ClH/c19-15-3-2-13(27-15)17(26)25(6-1-5-24-7-4-22-10-24)18-23-16-12(21)8-11(20)9-14(16)28-18;/h2-4,7-10H,1,5-6H2;1H. The Balaban J connectivity index is 0.00000240. The zero-order valence-electron chi connectivity index (χ0n) is 14.7. The van der Waals surface area contributed by atoms with Gasteiger partial charge in [-0.15, -0.1) is 23.7 Å². The number of thiophene rings is 1. The van der Waals surface area contributed by atoms with Crippen LogP contribution in [0.3, 0.4) is 0 Å². The molecule has 0 radical (unpaired) electrons. The second kappa shape index (κ2) is 9.17. The van der Waals surface area contributed by atoms with Crippen LogP contribution in [0.25, 0.3) is 10.2 Å². The van der Waals surface area contributed by atoms with Crippen LogP contribution in [0.1, 0.15) is 16.1 Å². The molecule has 1 aromatic carbocycles. The number of aromatic nitrogens is 3. The summed E-state index contributed by atoms with van der Waals surface area (Å²) in [6.45, 7) is 1.01. The number of amides is 1. The van der Waals surface area contributed by atoms with E-state index in [1.807, 2.05) is 10.8 Å².